The molecule has 0 radical (unpaired) electrons. The lowest BCUT2D eigenvalue weighted by atomic mass is 10.2. The number of benzene rings is 1. The van der Waals surface area contributed by atoms with Gasteiger partial charge in [0.1, 0.15) is 11.3 Å². The van der Waals surface area contributed by atoms with Crippen molar-refractivity contribution in [2.75, 3.05) is 0 Å². The molecule has 1 amide bonds. The fraction of sp³-hybridized carbons (Fsp3) is 0.200. The summed E-state index contributed by atoms with van der Waals surface area (Å²) in [6.07, 6.45) is 5.06. The number of carbonyl (C=O) groups excluding carboxylic acids is 1. The summed E-state index contributed by atoms with van der Waals surface area (Å²) in [4.78, 5) is 25.8. The van der Waals surface area contributed by atoms with E-state index in [-0.39, 0.29) is 5.91 Å². The van der Waals surface area contributed by atoms with E-state index in [9.17, 15) is 4.79 Å². The number of amides is 1. The van der Waals surface area contributed by atoms with Crippen molar-refractivity contribution in [3.05, 3.63) is 65.3 Å². The van der Waals surface area contributed by atoms with Gasteiger partial charge >= 0.3 is 0 Å². The highest BCUT2D eigenvalue weighted by Crippen LogP contribution is 2.28. The van der Waals surface area contributed by atoms with E-state index in [1.807, 2.05) is 47.4 Å². The number of aryl methyl sites for hydroxylation is 2. The van der Waals surface area contributed by atoms with Crippen molar-refractivity contribution >= 4 is 28.7 Å². The molecule has 0 aliphatic heterocycles. The van der Waals surface area contributed by atoms with Crippen LogP contribution in [0.1, 0.15) is 23.0 Å². The number of fused-ring (bicyclic) bond motifs is 1. The quantitative estimate of drug-likeness (QED) is 0.562. The Bertz CT molecular complexity index is 1160. The Morgan fingerprint density at radius 1 is 1.25 bits per heavy atom. The van der Waals surface area contributed by atoms with E-state index < -0.39 is 0 Å². The zero-order valence-corrected chi connectivity index (χ0v) is 16.3. The number of hydrogen-bond donors (Lipinski definition) is 1. The van der Waals surface area contributed by atoms with Gasteiger partial charge in [-0.05, 0) is 25.1 Å². The summed E-state index contributed by atoms with van der Waals surface area (Å²) in [7, 11) is 1.88. The molecule has 7 nitrogen and oxygen atoms in total. The van der Waals surface area contributed by atoms with Gasteiger partial charge in [-0.15, -0.1) is 0 Å². The Balaban J connectivity index is 1.61. The third kappa shape index (κ3) is 3.25. The summed E-state index contributed by atoms with van der Waals surface area (Å²) in [6, 6.07) is 9.26. The molecule has 8 heteroatoms. The minimum atomic E-state index is -0.205. The zero-order valence-electron chi connectivity index (χ0n) is 15.6. The lowest BCUT2D eigenvalue weighted by molar-refractivity contribution is 0.0950. The van der Waals surface area contributed by atoms with Gasteiger partial charge in [0.15, 0.2) is 5.65 Å². The van der Waals surface area contributed by atoms with Crippen molar-refractivity contribution in [2.45, 2.75) is 20.0 Å². The van der Waals surface area contributed by atoms with Gasteiger partial charge in [0.2, 0.25) is 0 Å². The highest BCUT2D eigenvalue weighted by Gasteiger charge is 2.16. The van der Waals surface area contributed by atoms with Crippen molar-refractivity contribution in [2.24, 2.45) is 7.05 Å². The number of hydrogen-bond acceptors (Lipinski definition) is 4. The molecular formula is C20H19ClN6O. The summed E-state index contributed by atoms with van der Waals surface area (Å²) in [6.45, 7) is 3.23. The maximum absolute atomic E-state index is 12.6. The molecule has 0 unspecified atom stereocenters. The van der Waals surface area contributed by atoms with Gasteiger partial charge in [0, 0.05) is 31.5 Å². The largest absolute Gasteiger partial charge is 0.346 e. The SMILES string of the molecule is CCn1cncc1CNC(=O)c1cnc2c(c1)nc(-c1ccccc1Cl)n2C. The molecule has 3 aromatic heterocycles. The van der Waals surface area contributed by atoms with Crippen molar-refractivity contribution < 1.29 is 4.79 Å². The van der Waals surface area contributed by atoms with Gasteiger partial charge in [-0.3, -0.25) is 4.79 Å². The summed E-state index contributed by atoms with van der Waals surface area (Å²) in [5.74, 6) is 0.501. The number of halogens is 1. The van der Waals surface area contributed by atoms with Crippen molar-refractivity contribution in [1.29, 1.82) is 0 Å². The fourth-order valence-electron chi connectivity index (χ4n) is 3.14. The smallest absolute Gasteiger partial charge is 0.253 e. The van der Waals surface area contributed by atoms with Gasteiger partial charge in [0.25, 0.3) is 5.91 Å². The molecule has 0 fully saturated rings. The fourth-order valence-corrected chi connectivity index (χ4v) is 3.36. The van der Waals surface area contributed by atoms with Crippen molar-refractivity contribution in [3.8, 4) is 11.4 Å². The Labute approximate surface area is 167 Å². The number of pyridine rings is 1. The van der Waals surface area contributed by atoms with E-state index in [1.54, 1.807) is 24.8 Å². The predicted molar refractivity (Wildman–Crippen MR) is 108 cm³/mol. The molecule has 0 bridgehead atoms. The molecule has 4 aromatic rings. The second kappa shape index (κ2) is 7.44. The second-order valence-electron chi connectivity index (χ2n) is 6.39. The molecule has 1 N–H and O–H groups in total. The number of carbonyl (C=O) groups is 1. The Hall–Kier alpha value is -3.19. The molecule has 0 spiro atoms. The Morgan fingerprint density at radius 3 is 2.86 bits per heavy atom. The van der Waals surface area contributed by atoms with Crippen LogP contribution in [0.4, 0.5) is 0 Å². The maximum atomic E-state index is 12.6. The molecule has 0 saturated heterocycles. The highest BCUT2D eigenvalue weighted by molar-refractivity contribution is 6.33. The summed E-state index contributed by atoms with van der Waals surface area (Å²) < 4.78 is 3.86. The molecule has 142 valence electrons. The van der Waals surface area contributed by atoms with Crippen LogP contribution in [0, 0.1) is 0 Å². The van der Waals surface area contributed by atoms with E-state index >= 15 is 0 Å². The van der Waals surface area contributed by atoms with Crippen LogP contribution in [0.2, 0.25) is 5.02 Å². The monoisotopic (exact) mass is 394 g/mol. The summed E-state index contributed by atoms with van der Waals surface area (Å²) in [5, 5.41) is 3.52. The first-order valence-electron chi connectivity index (χ1n) is 8.93. The van der Waals surface area contributed by atoms with E-state index in [4.69, 9.17) is 11.6 Å². The second-order valence-corrected chi connectivity index (χ2v) is 6.80. The van der Waals surface area contributed by atoms with E-state index in [0.29, 0.717) is 34.1 Å². The van der Waals surface area contributed by atoms with Crippen LogP contribution in [0.5, 0.6) is 0 Å². The highest BCUT2D eigenvalue weighted by atomic mass is 35.5. The number of imidazole rings is 2. The molecule has 3 heterocycles. The number of aromatic nitrogens is 5. The van der Waals surface area contributed by atoms with Gasteiger partial charge in [-0.2, -0.15) is 0 Å². The first kappa shape index (κ1) is 18.2. The van der Waals surface area contributed by atoms with Crippen molar-refractivity contribution in [1.82, 2.24) is 29.4 Å². The van der Waals surface area contributed by atoms with Crippen LogP contribution in [-0.4, -0.2) is 30.0 Å². The third-order valence-electron chi connectivity index (χ3n) is 4.66. The summed E-state index contributed by atoms with van der Waals surface area (Å²) >= 11 is 6.31. The van der Waals surface area contributed by atoms with E-state index in [1.165, 1.54) is 0 Å². The van der Waals surface area contributed by atoms with Gasteiger partial charge in [0.05, 0.1) is 29.2 Å². The predicted octanol–water partition coefficient (Wildman–Crippen LogP) is 3.44. The molecule has 0 atom stereocenters. The number of rotatable bonds is 5. The normalized spacial score (nSPS) is 11.1. The van der Waals surface area contributed by atoms with Crippen LogP contribution in [-0.2, 0) is 20.1 Å². The molecule has 4 rings (SSSR count). The first-order valence-corrected chi connectivity index (χ1v) is 9.31. The third-order valence-corrected chi connectivity index (χ3v) is 4.98. The van der Waals surface area contributed by atoms with Gasteiger partial charge in [-0.1, -0.05) is 23.7 Å². The average Bonchev–Trinajstić information content (AvgIpc) is 3.30. The van der Waals surface area contributed by atoms with E-state index in [0.717, 1.165) is 17.8 Å². The Kier molecular flexibility index (Phi) is 4.83. The molecule has 0 aliphatic carbocycles. The van der Waals surface area contributed by atoms with Crippen molar-refractivity contribution in [3.63, 3.8) is 0 Å². The topological polar surface area (TPSA) is 77.6 Å². The molecule has 0 saturated carbocycles. The average molecular weight is 395 g/mol. The Morgan fingerprint density at radius 2 is 2.07 bits per heavy atom. The molecule has 28 heavy (non-hydrogen) atoms. The van der Waals surface area contributed by atoms with Crippen LogP contribution in [0.25, 0.3) is 22.6 Å². The first-order chi connectivity index (χ1) is 13.6. The maximum Gasteiger partial charge on any atom is 0.253 e. The standard InChI is InChI=1S/C20H19ClN6O/c1-3-27-12-22-10-14(27)11-24-20(28)13-8-17-19(23-9-13)26(2)18(25-17)15-6-4-5-7-16(15)21/h4-10,12H,3,11H2,1-2H3,(H,24,28). The molecular weight excluding hydrogens is 376 g/mol. The minimum absolute atomic E-state index is 0.205. The van der Waals surface area contributed by atoms with Crippen LogP contribution < -0.4 is 5.32 Å². The lowest BCUT2D eigenvalue weighted by Crippen LogP contribution is -2.24. The van der Waals surface area contributed by atoms with Crippen LogP contribution >= 0.6 is 11.6 Å². The van der Waals surface area contributed by atoms with Crippen LogP contribution in [0.15, 0.2) is 49.1 Å². The lowest BCUT2D eigenvalue weighted by Gasteiger charge is -2.07. The van der Waals surface area contributed by atoms with Gasteiger partial charge in [-0.25, -0.2) is 15.0 Å². The molecule has 0 aliphatic rings. The van der Waals surface area contributed by atoms with E-state index in [2.05, 4.69) is 20.3 Å². The number of nitrogens with zero attached hydrogens (tertiary/aromatic N) is 5. The molecule has 1 aromatic carbocycles. The minimum Gasteiger partial charge on any atom is -0.346 e. The number of nitrogens with one attached hydrogen (secondary N) is 1. The zero-order chi connectivity index (χ0) is 19.7. The van der Waals surface area contributed by atoms with Crippen LogP contribution in [0.3, 0.4) is 0 Å². The summed E-state index contributed by atoms with van der Waals surface area (Å²) in [5.41, 5.74) is 3.56. The van der Waals surface area contributed by atoms with Gasteiger partial charge < -0.3 is 14.5 Å².